The van der Waals surface area contributed by atoms with Crippen molar-refractivity contribution in [1.29, 1.82) is 0 Å². The zero-order chi connectivity index (χ0) is 35.8. The fourth-order valence-corrected chi connectivity index (χ4v) is 9.37. The second-order valence-corrected chi connectivity index (χ2v) is 14.7. The molecule has 4 heterocycles. The molecule has 3 aromatic heterocycles. The summed E-state index contributed by atoms with van der Waals surface area (Å²) in [6.45, 7) is 5.57. The summed E-state index contributed by atoms with van der Waals surface area (Å²) in [6.07, 6.45) is 3.65. The highest BCUT2D eigenvalue weighted by Gasteiger charge is 2.46. The van der Waals surface area contributed by atoms with Gasteiger partial charge in [-0.3, -0.25) is 14.1 Å². The molecule has 0 radical (unpaired) electrons. The maximum absolute atomic E-state index is 13.7. The Kier molecular flexibility index (Phi) is 9.40. The summed E-state index contributed by atoms with van der Waals surface area (Å²) in [5.41, 5.74) is 7.91. The molecule has 6 aromatic rings. The van der Waals surface area contributed by atoms with E-state index in [0.29, 0.717) is 19.0 Å². The van der Waals surface area contributed by atoms with E-state index in [1.54, 1.807) is 35.8 Å². The van der Waals surface area contributed by atoms with E-state index >= 15 is 0 Å². The summed E-state index contributed by atoms with van der Waals surface area (Å²) >= 11 is 1.75. The number of pyridine rings is 2. The van der Waals surface area contributed by atoms with E-state index in [4.69, 9.17) is 14.2 Å². The van der Waals surface area contributed by atoms with Crippen molar-refractivity contribution in [2.45, 2.75) is 50.8 Å². The lowest BCUT2D eigenvalue weighted by Gasteiger charge is -2.48. The van der Waals surface area contributed by atoms with Crippen molar-refractivity contribution in [2.24, 2.45) is 0 Å². The van der Waals surface area contributed by atoms with E-state index in [9.17, 15) is 9.59 Å². The largest absolute Gasteiger partial charge is 0.462 e. The molecule has 7 nitrogen and oxygen atoms in total. The van der Waals surface area contributed by atoms with Gasteiger partial charge in [0.05, 0.1) is 17.7 Å². The van der Waals surface area contributed by atoms with Gasteiger partial charge in [0, 0.05) is 36.2 Å². The summed E-state index contributed by atoms with van der Waals surface area (Å²) in [5, 5.41) is 0. The number of thiophene rings is 1. The average Bonchev–Trinajstić information content (AvgIpc) is 3.94. The van der Waals surface area contributed by atoms with Crippen molar-refractivity contribution in [2.75, 3.05) is 27.1 Å². The van der Waals surface area contributed by atoms with Crippen molar-refractivity contribution in [3.05, 3.63) is 170 Å². The topological polar surface area (TPSA) is 69.5 Å². The summed E-state index contributed by atoms with van der Waals surface area (Å²) in [4.78, 5) is 31.3. The number of carbonyl (C=O) groups is 1. The Bertz CT molecular complexity index is 2180. The van der Waals surface area contributed by atoms with Crippen molar-refractivity contribution in [1.82, 2.24) is 9.30 Å². The Morgan fingerprint density at radius 2 is 1.50 bits per heavy atom. The first-order valence-corrected chi connectivity index (χ1v) is 18.8. The molecule has 2 aliphatic rings. The van der Waals surface area contributed by atoms with Crippen LogP contribution >= 0.6 is 11.3 Å². The number of aromatic nitrogens is 1. The fraction of sp³-hybridized carbons (Fsp3) is 0.273. The summed E-state index contributed by atoms with van der Waals surface area (Å²) in [7, 11) is 1.66. The molecule has 1 fully saturated rings. The van der Waals surface area contributed by atoms with Gasteiger partial charge in [0.15, 0.2) is 0 Å². The Morgan fingerprint density at radius 1 is 0.885 bits per heavy atom. The standard InChI is InChI=1S/C44H42N2O5S/c1-4-50-43(48)37-25-36(30-20-21-30)40-29(2)35(22-23-46(40)42(37)47)39-24-31-26-45(27-38(41(31)52-39)51-28-49-3)44(32-14-8-5-9-15-32,33-16-10-6-11-17-33)34-18-12-7-13-19-34/h5-19,22-25,30,38H,4,20-21,26-28H2,1-3H3. The molecule has 52 heavy (non-hydrogen) atoms. The predicted octanol–water partition coefficient (Wildman–Crippen LogP) is 8.86. The molecule has 8 heteroatoms. The molecule has 264 valence electrons. The number of benzene rings is 3. The molecule has 0 saturated heterocycles. The van der Waals surface area contributed by atoms with Gasteiger partial charge >= 0.3 is 5.97 Å². The van der Waals surface area contributed by atoms with Crippen LogP contribution in [0.15, 0.2) is 120 Å². The number of nitrogens with zero attached hydrogens (tertiary/aromatic N) is 2. The first kappa shape index (κ1) is 34.2. The molecule has 3 aromatic carbocycles. The molecule has 1 aliphatic carbocycles. The minimum absolute atomic E-state index is 0.0944. The van der Waals surface area contributed by atoms with Crippen LogP contribution < -0.4 is 5.56 Å². The normalized spacial score (nSPS) is 16.2. The van der Waals surface area contributed by atoms with Gasteiger partial charge in [0.1, 0.15) is 18.5 Å². The third-order valence-electron chi connectivity index (χ3n) is 10.5. The van der Waals surface area contributed by atoms with Gasteiger partial charge in [-0.05, 0) is 89.8 Å². The molecule has 0 spiro atoms. The molecule has 1 saturated carbocycles. The van der Waals surface area contributed by atoms with E-state index in [2.05, 4.69) is 109 Å². The summed E-state index contributed by atoms with van der Waals surface area (Å²) < 4.78 is 18.9. The smallest absolute Gasteiger partial charge is 0.343 e. The van der Waals surface area contributed by atoms with E-state index in [1.165, 1.54) is 27.1 Å². The minimum atomic E-state index is -0.603. The van der Waals surface area contributed by atoms with Crippen molar-refractivity contribution in [3.8, 4) is 10.4 Å². The zero-order valence-electron chi connectivity index (χ0n) is 29.7. The number of ether oxygens (including phenoxy) is 3. The van der Waals surface area contributed by atoms with Crippen LogP contribution in [0.1, 0.15) is 80.4 Å². The van der Waals surface area contributed by atoms with Crippen LogP contribution in [-0.2, 0) is 26.3 Å². The molecular weight excluding hydrogens is 669 g/mol. The van der Waals surface area contributed by atoms with Gasteiger partial charge in [-0.15, -0.1) is 11.3 Å². The third kappa shape index (κ3) is 5.90. The fourth-order valence-electron chi connectivity index (χ4n) is 8.07. The highest BCUT2D eigenvalue weighted by atomic mass is 32.1. The van der Waals surface area contributed by atoms with Gasteiger partial charge in [0.25, 0.3) is 5.56 Å². The minimum Gasteiger partial charge on any atom is -0.462 e. The number of rotatable bonds is 11. The van der Waals surface area contributed by atoms with Crippen molar-refractivity contribution >= 4 is 22.8 Å². The van der Waals surface area contributed by atoms with E-state index in [0.717, 1.165) is 39.9 Å². The van der Waals surface area contributed by atoms with Crippen LogP contribution in [0.25, 0.3) is 16.0 Å². The number of hydrogen-bond donors (Lipinski definition) is 0. The Hall–Kier alpha value is -4.86. The zero-order valence-corrected chi connectivity index (χ0v) is 30.5. The first-order valence-electron chi connectivity index (χ1n) is 18.0. The second kappa shape index (κ2) is 14.3. The van der Waals surface area contributed by atoms with Gasteiger partial charge in [-0.1, -0.05) is 91.0 Å². The number of esters is 1. The molecule has 1 aliphatic heterocycles. The Labute approximate surface area is 308 Å². The van der Waals surface area contributed by atoms with Crippen LogP contribution in [0.4, 0.5) is 0 Å². The highest BCUT2D eigenvalue weighted by Crippen LogP contribution is 2.50. The monoisotopic (exact) mass is 710 g/mol. The quantitative estimate of drug-likeness (QED) is 0.0761. The van der Waals surface area contributed by atoms with Gasteiger partial charge in [-0.2, -0.15) is 0 Å². The Morgan fingerprint density at radius 3 is 2.06 bits per heavy atom. The third-order valence-corrected chi connectivity index (χ3v) is 11.8. The van der Waals surface area contributed by atoms with Gasteiger partial charge in [-0.25, -0.2) is 4.79 Å². The SMILES string of the molecule is CCOC(=O)c1cc(C2CC2)c2c(C)c(-c3cc4c(s3)C(OCOC)CN(C(c3ccccc3)(c3ccccc3)c3ccccc3)C4)ccn2c1=O. The number of hydrogen-bond acceptors (Lipinski definition) is 7. The molecule has 1 unspecified atom stereocenters. The lowest BCUT2D eigenvalue weighted by Crippen LogP contribution is -2.51. The molecular formula is C44H42N2O5S. The first-order chi connectivity index (χ1) is 25.4. The predicted molar refractivity (Wildman–Crippen MR) is 205 cm³/mol. The molecule has 0 bridgehead atoms. The van der Waals surface area contributed by atoms with Crippen molar-refractivity contribution in [3.63, 3.8) is 0 Å². The lowest BCUT2D eigenvalue weighted by molar-refractivity contribution is -0.0928. The number of aryl methyl sites for hydroxylation is 1. The van der Waals surface area contributed by atoms with Gasteiger partial charge < -0.3 is 14.2 Å². The number of fused-ring (bicyclic) bond motifs is 2. The van der Waals surface area contributed by atoms with Crippen LogP contribution in [0.5, 0.6) is 0 Å². The van der Waals surface area contributed by atoms with E-state index in [-0.39, 0.29) is 30.6 Å². The number of methoxy groups -OCH3 is 1. The van der Waals surface area contributed by atoms with Gasteiger partial charge in [0.2, 0.25) is 0 Å². The van der Waals surface area contributed by atoms with Crippen LogP contribution in [0.2, 0.25) is 0 Å². The van der Waals surface area contributed by atoms with E-state index < -0.39 is 11.5 Å². The maximum Gasteiger partial charge on any atom is 0.343 e. The van der Waals surface area contributed by atoms with Crippen molar-refractivity contribution < 1.29 is 19.0 Å². The van der Waals surface area contributed by atoms with E-state index in [1.807, 2.05) is 12.3 Å². The average molecular weight is 711 g/mol. The van der Waals surface area contributed by atoms with Crippen LogP contribution in [-0.4, -0.2) is 42.3 Å². The molecule has 1 atom stereocenters. The number of carbonyl (C=O) groups excluding carboxylic acids is 1. The maximum atomic E-state index is 13.7. The Balaban J connectivity index is 1.28. The van der Waals surface area contributed by atoms with Crippen LogP contribution in [0.3, 0.4) is 0 Å². The summed E-state index contributed by atoms with van der Waals surface area (Å²) in [5.74, 6) is -0.252. The summed E-state index contributed by atoms with van der Waals surface area (Å²) in [6, 6.07) is 38.4. The second-order valence-electron chi connectivity index (χ2n) is 13.6. The highest BCUT2D eigenvalue weighted by molar-refractivity contribution is 7.15. The van der Waals surface area contributed by atoms with Crippen LogP contribution in [0, 0.1) is 6.92 Å². The lowest BCUT2D eigenvalue weighted by atomic mass is 9.74. The molecule has 8 rings (SSSR count). The molecule has 0 amide bonds. The molecule has 0 N–H and O–H groups in total.